The van der Waals surface area contributed by atoms with E-state index in [9.17, 15) is 14.4 Å². The van der Waals surface area contributed by atoms with Gasteiger partial charge in [-0.15, -0.1) is 0 Å². The van der Waals surface area contributed by atoms with Crippen LogP contribution >= 0.6 is 0 Å². The zero-order valence-corrected chi connectivity index (χ0v) is 12.7. The normalized spacial score (nSPS) is 17.2. The molecule has 2 amide bonds. The lowest BCUT2D eigenvalue weighted by atomic mass is 10.1. The van der Waals surface area contributed by atoms with Crippen LogP contribution in [0.1, 0.15) is 28.5 Å². The molecule has 0 aromatic carbocycles. The van der Waals surface area contributed by atoms with Crippen LogP contribution in [-0.4, -0.2) is 34.3 Å². The Labute approximate surface area is 137 Å². The number of nitrogens with zero attached hydrogens (tertiary/aromatic N) is 1. The predicted molar refractivity (Wildman–Crippen MR) is 79.7 cm³/mol. The first kappa shape index (κ1) is 15.9. The van der Waals surface area contributed by atoms with Crippen molar-refractivity contribution in [1.82, 2.24) is 10.2 Å². The van der Waals surface area contributed by atoms with Crippen LogP contribution in [-0.2, 0) is 22.7 Å². The summed E-state index contributed by atoms with van der Waals surface area (Å²) in [5.74, 6) is -1.14. The van der Waals surface area contributed by atoms with Gasteiger partial charge in [0.05, 0.1) is 25.3 Å². The molecule has 0 bridgehead atoms. The van der Waals surface area contributed by atoms with Crippen LogP contribution in [0.15, 0.2) is 39.4 Å². The third kappa shape index (κ3) is 3.48. The zero-order valence-electron chi connectivity index (χ0n) is 12.7. The van der Waals surface area contributed by atoms with Crippen molar-refractivity contribution in [3.8, 4) is 0 Å². The van der Waals surface area contributed by atoms with Gasteiger partial charge in [-0.2, -0.15) is 0 Å². The topological polar surface area (TPSA) is 113 Å². The van der Waals surface area contributed by atoms with Gasteiger partial charge in [-0.05, 0) is 24.3 Å². The first-order chi connectivity index (χ1) is 11.5. The second-order valence-corrected chi connectivity index (χ2v) is 5.54. The number of carbonyl (C=O) groups excluding carboxylic acids is 2. The quantitative estimate of drug-likeness (QED) is 0.823. The number of nitrogens with one attached hydrogen (secondary N) is 1. The summed E-state index contributed by atoms with van der Waals surface area (Å²) in [6.07, 6.45) is 1.68. The van der Waals surface area contributed by atoms with Gasteiger partial charge in [-0.25, -0.2) is 4.79 Å². The number of aromatic carboxylic acids is 1. The molecule has 1 aliphatic heterocycles. The van der Waals surface area contributed by atoms with Gasteiger partial charge in [0.2, 0.25) is 17.6 Å². The summed E-state index contributed by atoms with van der Waals surface area (Å²) in [4.78, 5) is 36.5. The Morgan fingerprint density at radius 2 is 2.12 bits per heavy atom. The molecule has 0 saturated carbocycles. The molecule has 3 rings (SSSR count). The molecule has 1 fully saturated rings. The van der Waals surface area contributed by atoms with Crippen molar-refractivity contribution < 1.29 is 28.3 Å². The van der Waals surface area contributed by atoms with Crippen LogP contribution in [0.4, 0.5) is 0 Å². The molecule has 1 aliphatic rings. The molecule has 1 saturated heterocycles. The highest BCUT2D eigenvalue weighted by Crippen LogP contribution is 2.20. The maximum absolute atomic E-state index is 12.2. The Hall–Kier alpha value is -3.03. The minimum absolute atomic E-state index is 0.0784. The molecule has 2 aromatic rings. The van der Waals surface area contributed by atoms with Gasteiger partial charge in [0.25, 0.3) is 0 Å². The molecule has 0 aliphatic carbocycles. The number of hydrogen-bond donors (Lipinski definition) is 2. The van der Waals surface area contributed by atoms with Gasteiger partial charge < -0.3 is 24.2 Å². The lowest BCUT2D eigenvalue weighted by Gasteiger charge is -2.14. The van der Waals surface area contributed by atoms with Crippen LogP contribution in [0.5, 0.6) is 0 Å². The van der Waals surface area contributed by atoms with Gasteiger partial charge in [-0.3, -0.25) is 9.59 Å². The second-order valence-electron chi connectivity index (χ2n) is 5.54. The number of rotatable bonds is 6. The maximum Gasteiger partial charge on any atom is 0.371 e. The predicted octanol–water partition coefficient (Wildman–Crippen LogP) is 1.24. The molecule has 24 heavy (non-hydrogen) atoms. The average molecular weight is 332 g/mol. The molecule has 126 valence electrons. The molecule has 1 atom stereocenters. The SMILES string of the molecule is O=C(O)c1ccc(CNC(=O)C2CC(=O)N(Cc3ccco3)C2)o1. The van der Waals surface area contributed by atoms with E-state index in [-0.39, 0.29) is 30.5 Å². The minimum Gasteiger partial charge on any atom is -0.475 e. The van der Waals surface area contributed by atoms with Gasteiger partial charge in [0.15, 0.2) is 0 Å². The zero-order chi connectivity index (χ0) is 17.1. The fourth-order valence-electron chi connectivity index (χ4n) is 2.60. The number of carbonyl (C=O) groups is 3. The highest BCUT2D eigenvalue weighted by atomic mass is 16.4. The number of carboxylic acids is 1. The Morgan fingerprint density at radius 3 is 2.79 bits per heavy atom. The van der Waals surface area contributed by atoms with Crippen LogP contribution in [0.25, 0.3) is 0 Å². The lowest BCUT2D eigenvalue weighted by Crippen LogP contribution is -2.32. The maximum atomic E-state index is 12.2. The number of amides is 2. The van der Waals surface area contributed by atoms with E-state index in [1.807, 2.05) is 0 Å². The number of furan rings is 2. The van der Waals surface area contributed by atoms with E-state index < -0.39 is 11.9 Å². The van der Waals surface area contributed by atoms with E-state index in [2.05, 4.69) is 5.32 Å². The van der Waals surface area contributed by atoms with Crippen molar-refractivity contribution in [2.45, 2.75) is 19.5 Å². The Morgan fingerprint density at radius 1 is 1.29 bits per heavy atom. The summed E-state index contributed by atoms with van der Waals surface area (Å²) in [5, 5.41) is 11.4. The Kier molecular flexibility index (Phi) is 4.37. The molecule has 0 spiro atoms. The molecule has 2 N–H and O–H groups in total. The molecule has 2 aromatic heterocycles. The summed E-state index contributed by atoms with van der Waals surface area (Å²) in [6, 6.07) is 6.34. The van der Waals surface area contributed by atoms with Crippen molar-refractivity contribution in [2.24, 2.45) is 5.92 Å². The first-order valence-electron chi connectivity index (χ1n) is 7.43. The molecule has 1 unspecified atom stereocenters. The van der Waals surface area contributed by atoms with E-state index >= 15 is 0 Å². The number of hydrogen-bond acceptors (Lipinski definition) is 5. The van der Waals surface area contributed by atoms with E-state index in [4.69, 9.17) is 13.9 Å². The second kappa shape index (κ2) is 6.61. The summed E-state index contributed by atoms with van der Waals surface area (Å²) >= 11 is 0. The van der Waals surface area contributed by atoms with Crippen molar-refractivity contribution in [2.75, 3.05) is 6.54 Å². The highest BCUT2D eigenvalue weighted by Gasteiger charge is 2.34. The van der Waals surface area contributed by atoms with Crippen molar-refractivity contribution >= 4 is 17.8 Å². The molecular weight excluding hydrogens is 316 g/mol. The third-order valence-electron chi connectivity index (χ3n) is 3.82. The van der Waals surface area contributed by atoms with Crippen molar-refractivity contribution in [1.29, 1.82) is 0 Å². The largest absolute Gasteiger partial charge is 0.475 e. The van der Waals surface area contributed by atoms with Gasteiger partial charge in [0, 0.05) is 13.0 Å². The number of carboxylic acid groups (broad SMARTS) is 1. The van der Waals surface area contributed by atoms with E-state index in [1.54, 1.807) is 17.0 Å². The summed E-state index contributed by atoms with van der Waals surface area (Å²) in [5.41, 5.74) is 0. The molecule has 0 radical (unpaired) electrons. The first-order valence-corrected chi connectivity index (χ1v) is 7.43. The van der Waals surface area contributed by atoms with E-state index in [0.29, 0.717) is 24.6 Å². The highest BCUT2D eigenvalue weighted by molar-refractivity contribution is 5.89. The smallest absolute Gasteiger partial charge is 0.371 e. The fraction of sp³-hybridized carbons (Fsp3) is 0.312. The van der Waals surface area contributed by atoms with Crippen LogP contribution < -0.4 is 5.32 Å². The molecule has 8 nitrogen and oxygen atoms in total. The van der Waals surface area contributed by atoms with Crippen LogP contribution in [0.2, 0.25) is 0 Å². The molecular formula is C16H16N2O6. The molecule has 8 heteroatoms. The average Bonchev–Trinajstić information content (AvgIpc) is 3.27. The van der Waals surface area contributed by atoms with Gasteiger partial charge in [0.1, 0.15) is 11.5 Å². The summed E-state index contributed by atoms with van der Waals surface area (Å²) in [6.45, 7) is 0.745. The lowest BCUT2D eigenvalue weighted by molar-refractivity contribution is -0.129. The molecule has 3 heterocycles. The van der Waals surface area contributed by atoms with E-state index in [0.717, 1.165) is 0 Å². The summed E-state index contributed by atoms with van der Waals surface area (Å²) in [7, 11) is 0. The van der Waals surface area contributed by atoms with Gasteiger partial charge >= 0.3 is 5.97 Å². The van der Waals surface area contributed by atoms with E-state index in [1.165, 1.54) is 18.4 Å². The minimum atomic E-state index is -1.16. The summed E-state index contributed by atoms with van der Waals surface area (Å²) < 4.78 is 10.3. The fourth-order valence-corrected chi connectivity index (χ4v) is 2.60. The van der Waals surface area contributed by atoms with Crippen LogP contribution in [0, 0.1) is 5.92 Å². The van der Waals surface area contributed by atoms with Gasteiger partial charge in [-0.1, -0.05) is 0 Å². The monoisotopic (exact) mass is 332 g/mol. The Bertz CT molecular complexity index is 748. The standard InChI is InChI=1S/C16H16N2O6/c19-14-6-10(8-18(14)9-12-2-1-5-23-12)15(20)17-7-11-3-4-13(24-11)16(21)22/h1-5,10H,6-9H2,(H,17,20)(H,21,22). The van der Waals surface area contributed by atoms with Crippen molar-refractivity contribution in [3.05, 3.63) is 47.8 Å². The van der Waals surface area contributed by atoms with Crippen LogP contribution in [0.3, 0.4) is 0 Å². The number of likely N-dealkylation sites (tertiary alicyclic amines) is 1. The Balaban J connectivity index is 1.52. The third-order valence-corrected chi connectivity index (χ3v) is 3.82. The van der Waals surface area contributed by atoms with Crippen molar-refractivity contribution in [3.63, 3.8) is 0 Å².